The molecule has 5 aromatic rings. The van der Waals surface area contributed by atoms with Gasteiger partial charge >= 0.3 is 0 Å². The molecule has 0 bridgehead atoms. The number of fused-ring (bicyclic) bond motifs is 6. The number of amidine groups is 1. The molecule has 5 rings (SSSR count). The highest BCUT2D eigenvalue weighted by atomic mass is 35.5. The van der Waals surface area contributed by atoms with Crippen LogP contribution in [0, 0.1) is 0 Å². The minimum atomic E-state index is 0.529. The molecular formula is C24H22Cl2N4O. The lowest BCUT2D eigenvalue weighted by atomic mass is 10.1. The molecule has 3 aromatic carbocycles. The molecule has 5 nitrogen and oxygen atoms in total. The van der Waals surface area contributed by atoms with E-state index in [1.54, 1.807) is 0 Å². The third-order valence-electron chi connectivity index (χ3n) is 5.57. The van der Waals surface area contributed by atoms with Gasteiger partial charge in [-0.3, -0.25) is 4.99 Å². The first-order valence-electron chi connectivity index (χ1n) is 10.3. The number of aromatic amines is 2. The second-order valence-corrected chi connectivity index (χ2v) is 8.48. The van der Waals surface area contributed by atoms with Gasteiger partial charge in [0.25, 0.3) is 0 Å². The van der Waals surface area contributed by atoms with Crippen molar-refractivity contribution < 1.29 is 4.74 Å². The summed E-state index contributed by atoms with van der Waals surface area (Å²) in [6.45, 7) is 3.17. The predicted molar refractivity (Wildman–Crippen MR) is 132 cm³/mol. The molecule has 2 aromatic heterocycles. The average Bonchev–Trinajstić information content (AvgIpc) is 3.30. The van der Waals surface area contributed by atoms with E-state index in [9.17, 15) is 0 Å². The Morgan fingerprint density at radius 2 is 1.48 bits per heavy atom. The summed E-state index contributed by atoms with van der Waals surface area (Å²) in [5.74, 6) is 1.46. The maximum Gasteiger partial charge on any atom is 0.167 e. The van der Waals surface area contributed by atoms with Crippen LogP contribution >= 0.6 is 23.2 Å². The summed E-state index contributed by atoms with van der Waals surface area (Å²) in [5.41, 5.74) is 9.72. The first kappa shape index (κ1) is 20.0. The van der Waals surface area contributed by atoms with Gasteiger partial charge in [0, 0.05) is 62.0 Å². The molecule has 158 valence electrons. The van der Waals surface area contributed by atoms with Crippen molar-refractivity contribution in [3.8, 4) is 5.75 Å². The lowest BCUT2D eigenvalue weighted by Crippen LogP contribution is -2.11. The van der Waals surface area contributed by atoms with E-state index in [-0.39, 0.29) is 0 Å². The van der Waals surface area contributed by atoms with Crippen molar-refractivity contribution in [1.29, 1.82) is 0 Å². The van der Waals surface area contributed by atoms with Crippen LogP contribution in [0.2, 0.25) is 10.0 Å². The van der Waals surface area contributed by atoms with Gasteiger partial charge in [0.15, 0.2) is 5.75 Å². The van der Waals surface area contributed by atoms with E-state index < -0.39 is 0 Å². The monoisotopic (exact) mass is 452 g/mol. The fourth-order valence-electron chi connectivity index (χ4n) is 4.01. The molecule has 0 saturated carbocycles. The number of aliphatic imine (C=N–C) groups is 1. The van der Waals surface area contributed by atoms with Gasteiger partial charge in [-0.25, -0.2) is 0 Å². The Balaban J connectivity index is 1.67. The number of rotatable bonds is 6. The first-order chi connectivity index (χ1) is 15.0. The summed E-state index contributed by atoms with van der Waals surface area (Å²) >= 11 is 12.6. The third-order valence-corrected chi connectivity index (χ3v) is 6.04. The Kier molecular flexibility index (Phi) is 5.16. The number of aromatic nitrogens is 2. The highest BCUT2D eigenvalue weighted by molar-refractivity contribution is 6.33. The number of hydrogen-bond donors (Lipinski definition) is 3. The maximum atomic E-state index is 6.33. The average molecular weight is 453 g/mol. The van der Waals surface area contributed by atoms with Crippen LogP contribution in [0.4, 0.5) is 0 Å². The molecule has 0 aliphatic heterocycles. The summed E-state index contributed by atoms with van der Waals surface area (Å²) in [4.78, 5) is 11.4. The molecule has 0 spiro atoms. The van der Waals surface area contributed by atoms with Crippen molar-refractivity contribution in [3.63, 3.8) is 0 Å². The number of ether oxygens (including phenoxy) is 1. The molecule has 2 heterocycles. The van der Waals surface area contributed by atoms with Gasteiger partial charge in [0.05, 0.1) is 23.5 Å². The highest BCUT2D eigenvalue weighted by Crippen LogP contribution is 2.41. The molecule has 0 fully saturated rings. The number of nitrogens with two attached hydrogens (primary N) is 1. The maximum absolute atomic E-state index is 6.33. The van der Waals surface area contributed by atoms with Crippen LogP contribution < -0.4 is 10.5 Å². The van der Waals surface area contributed by atoms with Crippen LogP contribution in [0.25, 0.3) is 43.6 Å². The smallest absolute Gasteiger partial charge is 0.167 e. The van der Waals surface area contributed by atoms with Crippen LogP contribution in [-0.2, 0) is 0 Å². The third kappa shape index (κ3) is 3.58. The van der Waals surface area contributed by atoms with Gasteiger partial charge in [-0.1, -0.05) is 30.1 Å². The molecule has 0 aliphatic rings. The van der Waals surface area contributed by atoms with E-state index in [2.05, 4.69) is 21.0 Å². The summed E-state index contributed by atoms with van der Waals surface area (Å²) in [6.07, 6.45) is 1.53. The standard InChI is InChI=1S/C24H22Cl2N4O/c1-2-21(27)28-8-3-9-31-24-22-17(15-10-13(25)4-6-19(15)29-22)12-18-16-11-14(26)5-7-20(16)30-23(18)24/h4-7,10-12,29-30H,2-3,8-9H2,1H3,(H2,27,28). The van der Waals surface area contributed by atoms with Crippen molar-refractivity contribution in [2.75, 3.05) is 13.2 Å². The van der Waals surface area contributed by atoms with E-state index in [0.717, 1.165) is 62.2 Å². The van der Waals surface area contributed by atoms with E-state index in [4.69, 9.17) is 33.7 Å². The predicted octanol–water partition coefficient (Wildman–Crippen LogP) is 6.80. The van der Waals surface area contributed by atoms with Crippen molar-refractivity contribution in [1.82, 2.24) is 9.97 Å². The Bertz CT molecular complexity index is 1370. The van der Waals surface area contributed by atoms with E-state index >= 15 is 0 Å². The largest absolute Gasteiger partial charge is 0.489 e. The number of nitrogens with zero attached hydrogens (tertiary/aromatic N) is 1. The summed E-state index contributed by atoms with van der Waals surface area (Å²) < 4.78 is 6.33. The zero-order chi connectivity index (χ0) is 21.5. The molecule has 0 atom stereocenters. The lowest BCUT2D eigenvalue weighted by Gasteiger charge is -2.09. The fraction of sp³-hybridized carbons (Fsp3) is 0.208. The topological polar surface area (TPSA) is 79.2 Å². The summed E-state index contributed by atoms with van der Waals surface area (Å²) in [6, 6.07) is 13.9. The number of hydrogen-bond acceptors (Lipinski definition) is 2. The Morgan fingerprint density at radius 3 is 2.03 bits per heavy atom. The van der Waals surface area contributed by atoms with Crippen molar-refractivity contribution in [3.05, 3.63) is 52.5 Å². The quantitative estimate of drug-likeness (QED) is 0.150. The summed E-state index contributed by atoms with van der Waals surface area (Å²) in [7, 11) is 0. The van der Waals surface area contributed by atoms with Crippen molar-refractivity contribution in [2.45, 2.75) is 19.8 Å². The Morgan fingerprint density at radius 1 is 0.903 bits per heavy atom. The normalized spacial score (nSPS) is 12.5. The van der Waals surface area contributed by atoms with Gasteiger partial charge in [-0.2, -0.15) is 0 Å². The van der Waals surface area contributed by atoms with Gasteiger partial charge in [-0.05, 0) is 42.5 Å². The van der Waals surface area contributed by atoms with Crippen LogP contribution in [-0.4, -0.2) is 29.0 Å². The van der Waals surface area contributed by atoms with Crippen molar-refractivity contribution >= 4 is 72.6 Å². The molecule has 0 amide bonds. The fourth-order valence-corrected chi connectivity index (χ4v) is 4.36. The van der Waals surface area contributed by atoms with Crippen LogP contribution in [0.5, 0.6) is 5.75 Å². The number of halogens is 2. The van der Waals surface area contributed by atoms with Crippen LogP contribution in [0.15, 0.2) is 47.5 Å². The van der Waals surface area contributed by atoms with Gasteiger partial charge in [0.2, 0.25) is 0 Å². The van der Waals surface area contributed by atoms with Gasteiger partial charge < -0.3 is 20.4 Å². The molecule has 0 unspecified atom stereocenters. The second-order valence-electron chi connectivity index (χ2n) is 7.61. The SMILES string of the molecule is CCC(N)=NCCCOc1c2[nH]c3ccc(Cl)cc3c2cc2c1[nH]c1ccc(Cl)cc12. The van der Waals surface area contributed by atoms with Crippen molar-refractivity contribution in [2.24, 2.45) is 10.7 Å². The number of nitrogens with one attached hydrogen (secondary N) is 2. The van der Waals surface area contributed by atoms with Gasteiger partial charge in [0.1, 0.15) is 0 Å². The van der Waals surface area contributed by atoms with E-state index in [0.29, 0.717) is 29.0 Å². The summed E-state index contributed by atoms with van der Waals surface area (Å²) in [5, 5.41) is 5.65. The van der Waals surface area contributed by atoms with Gasteiger partial charge in [-0.15, -0.1) is 0 Å². The second kappa shape index (κ2) is 7.98. The minimum absolute atomic E-state index is 0.529. The molecule has 31 heavy (non-hydrogen) atoms. The van der Waals surface area contributed by atoms with Crippen LogP contribution in [0.1, 0.15) is 19.8 Å². The number of H-pyrrole nitrogens is 2. The number of benzene rings is 3. The van der Waals surface area contributed by atoms with E-state index in [1.807, 2.05) is 43.3 Å². The first-order valence-corrected chi connectivity index (χ1v) is 11.1. The molecule has 0 aliphatic carbocycles. The molecule has 0 radical (unpaired) electrons. The molecule has 7 heteroatoms. The Hall–Kier alpha value is -2.89. The highest BCUT2D eigenvalue weighted by Gasteiger charge is 2.18. The molecule has 4 N–H and O–H groups in total. The zero-order valence-corrected chi connectivity index (χ0v) is 18.6. The molecule has 0 saturated heterocycles. The minimum Gasteiger partial charge on any atom is -0.489 e. The van der Waals surface area contributed by atoms with E-state index in [1.165, 1.54) is 0 Å². The lowest BCUT2D eigenvalue weighted by molar-refractivity contribution is 0.320. The Labute approximate surface area is 189 Å². The molecular weight excluding hydrogens is 431 g/mol. The van der Waals surface area contributed by atoms with Crippen LogP contribution in [0.3, 0.4) is 0 Å². The zero-order valence-electron chi connectivity index (χ0n) is 17.1.